The van der Waals surface area contributed by atoms with Crippen molar-refractivity contribution in [2.75, 3.05) is 4.90 Å². The smallest absolute Gasteiger partial charge is 0.0546 e. The molecular weight excluding hydrogens is 591 g/mol. The molecule has 0 saturated heterocycles. The van der Waals surface area contributed by atoms with Gasteiger partial charge in [0.2, 0.25) is 0 Å². The summed E-state index contributed by atoms with van der Waals surface area (Å²) in [6, 6.07) is 72.5. The highest BCUT2D eigenvalue weighted by atomic mass is 15.1. The number of benzene rings is 9. The van der Waals surface area contributed by atoms with E-state index in [1.54, 1.807) is 0 Å². The van der Waals surface area contributed by atoms with Crippen LogP contribution < -0.4 is 4.90 Å². The van der Waals surface area contributed by atoms with Gasteiger partial charge in [0.15, 0.2) is 0 Å². The molecule has 0 aliphatic carbocycles. The van der Waals surface area contributed by atoms with Gasteiger partial charge in [0.05, 0.1) is 5.69 Å². The Morgan fingerprint density at radius 2 is 0.796 bits per heavy atom. The molecule has 0 fully saturated rings. The quantitative estimate of drug-likeness (QED) is 0.167. The van der Waals surface area contributed by atoms with Crippen LogP contribution in [0.3, 0.4) is 0 Å². The molecule has 49 heavy (non-hydrogen) atoms. The van der Waals surface area contributed by atoms with Crippen LogP contribution in [0.5, 0.6) is 0 Å². The Balaban J connectivity index is 1.33. The summed E-state index contributed by atoms with van der Waals surface area (Å²) in [5.74, 6) is 0. The first-order valence-corrected chi connectivity index (χ1v) is 16.9. The molecule has 230 valence electrons. The lowest BCUT2D eigenvalue weighted by Crippen LogP contribution is -2.11. The zero-order valence-electron chi connectivity index (χ0n) is 27.0. The van der Waals surface area contributed by atoms with Crippen molar-refractivity contribution < 1.29 is 0 Å². The Kier molecular flexibility index (Phi) is 7.22. The molecule has 9 aromatic carbocycles. The topological polar surface area (TPSA) is 3.24 Å². The number of fused-ring (bicyclic) bond motifs is 5. The van der Waals surface area contributed by atoms with Crippen molar-refractivity contribution in [2.45, 2.75) is 0 Å². The van der Waals surface area contributed by atoms with Crippen molar-refractivity contribution in [3.63, 3.8) is 0 Å². The first-order valence-electron chi connectivity index (χ1n) is 16.9. The summed E-state index contributed by atoms with van der Waals surface area (Å²) in [7, 11) is 0. The first-order chi connectivity index (χ1) is 24.3. The number of hydrogen-bond donors (Lipinski definition) is 0. The highest BCUT2D eigenvalue weighted by Gasteiger charge is 2.20. The zero-order chi connectivity index (χ0) is 32.6. The van der Waals surface area contributed by atoms with E-state index in [-0.39, 0.29) is 0 Å². The average molecular weight is 624 g/mol. The van der Waals surface area contributed by atoms with E-state index in [2.05, 4.69) is 205 Å². The lowest BCUT2D eigenvalue weighted by atomic mass is 9.92. The normalized spacial score (nSPS) is 11.3. The van der Waals surface area contributed by atoms with E-state index in [4.69, 9.17) is 0 Å². The minimum atomic E-state index is 1.11. The summed E-state index contributed by atoms with van der Waals surface area (Å²) < 4.78 is 0. The fraction of sp³-hybridized carbons (Fsp3) is 0. The van der Waals surface area contributed by atoms with Gasteiger partial charge >= 0.3 is 0 Å². The molecule has 1 nitrogen and oxygen atoms in total. The second kappa shape index (κ2) is 12.3. The maximum atomic E-state index is 2.44. The van der Waals surface area contributed by atoms with Gasteiger partial charge in [0, 0.05) is 16.8 Å². The molecule has 0 spiro atoms. The highest BCUT2D eigenvalue weighted by molar-refractivity contribution is 6.24. The van der Waals surface area contributed by atoms with E-state index in [1.165, 1.54) is 65.7 Å². The molecule has 9 aromatic rings. The summed E-state index contributed by atoms with van der Waals surface area (Å²) in [6.45, 7) is 0. The van der Waals surface area contributed by atoms with Gasteiger partial charge in [-0.1, -0.05) is 170 Å². The van der Waals surface area contributed by atoms with Gasteiger partial charge in [-0.2, -0.15) is 0 Å². The van der Waals surface area contributed by atoms with Crippen molar-refractivity contribution in [1.82, 2.24) is 0 Å². The number of nitrogens with zero attached hydrogens (tertiary/aromatic N) is 1. The summed E-state index contributed by atoms with van der Waals surface area (Å²) >= 11 is 0. The molecule has 0 amide bonds. The van der Waals surface area contributed by atoms with Gasteiger partial charge in [-0.25, -0.2) is 0 Å². The Bertz CT molecular complexity index is 2570. The standard InChI is InChI=1S/C48H33N/c1-4-13-34(14-5-1)35-27-29-41(30-28-35)49(42-31-32-43(36-15-6-2-7-16-36)45(33-42)37-17-8-3-9-18-37)46-22-12-20-39-25-26-40-24-23-38-19-10-11-21-44(38)47(40)48(39)46/h1-33H. The van der Waals surface area contributed by atoms with E-state index in [0.717, 1.165) is 17.1 Å². The molecule has 0 bridgehead atoms. The van der Waals surface area contributed by atoms with Crippen LogP contribution in [0.15, 0.2) is 200 Å². The number of rotatable bonds is 6. The Labute approximate surface area is 287 Å². The second-order valence-corrected chi connectivity index (χ2v) is 12.5. The Hall–Kier alpha value is -6.44. The molecule has 1 heteroatoms. The van der Waals surface area contributed by atoms with Gasteiger partial charge < -0.3 is 4.90 Å². The van der Waals surface area contributed by atoms with E-state index in [1.807, 2.05) is 0 Å². The largest absolute Gasteiger partial charge is 0.310 e. The lowest BCUT2D eigenvalue weighted by molar-refractivity contribution is 1.30. The van der Waals surface area contributed by atoms with Gasteiger partial charge in [0.1, 0.15) is 0 Å². The van der Waals surface area contributed by atoms with Crippen LogP contribution in [0.1, 0.15) is 0 Å². The van der Waals surface area contributed by atoms with Crippen LogP contribution in [0.4, 0.5) is 17.1 Å². The maximum absolute atomic E-state index is 2.44. The minimum Gasteiger partial charge on any atom is -0.310 e. The van der Waals surface area contributed by atoms with Gasteiger partial charge in [-0.05, 0) is 90.6 Å². The summed E-state index contributed by atoms with van der Waals surface area (Å²) in [5.41, 5.74) is 10.6. The van der Waals surface area contributed by atoms with Crippen LogP contribution in [0.2, 0.25) is 0 Å². The van der Waals surface area contributed by atoms with Gasteiger partial charge in [-0.15, -0.1) is 0 Å². The van der Waals surface area contributed by atoms with E-state index in [9.17, 15) is 0 Å². The first kappa shape index (κ1) is 28.8. The molecule has 0 aliphatic rings. The molecule has 0 saturated carbocycles. The van der Waals surface area contributed by atoms with Crippen LogP contribution in [-0.4, -0.2) is 0 Å². The Morgan fingerprint density at radius 3 is 1.49 bits per heavy atom. The zero-order valence-corrected chi connectivity index (χ0v) is 27.0. The molecule has 9 rings (SSSR count). The molecule has 0 N–H and O–H groups in total. The van der Waals surface area contributed by atoms with Crippen molar-refractivity contribution in [3.05, 3.63) is 200 Å². The summed E-state index contributed by atoms with van der Waals surface area (Å²) in [6.07, 6.45) is 0. The van der Waals surface area contributed by atoms with Crippen LogP contribution >= 0.6 is 0 Å². The second-order valence-electron chi connectivity index (χ2n) is 12.5. The highest BCUT2D eigenvalue weighted by Crippen LogP contribution is 2.45. The predicted molar refractivity (Wildman–Crippen MR) is 210 cm³/mol. The third-order valence-electron chi connectivity index (χ3n) is 9.63. The molecule has 0 heterocycles. The Morgan fingerprint density at radius 1 is 0.286 bits per heavy atom. The van der Waals surface area contributed by atoms with Crippen LogP contribution in [0.25, 0.3) is 65.7 Å². The molecule has 0 aliphatic heterocycles. The predicted octanol–water partition coefficient (Wildman–Crippen LogP) is 13.6. The number of anilines is 3. The maximum Gasteiger partial charge on any atom is 0.0546 e. The SMILES string of the molecule is c1ccc(-c2ccc(N(c3ccc(-c4ccccc4)c(-c4ccccc4)c3)c3cccc4ccc5ccc6ccccc6c5c34)cc2)cc1. The monoisotopic (exact) mass is 623 g/mol. The minimum absolute atomic E-state index is 1.11. The third kappa shape index (κ3) is 5.23. The molecular formula is C48H33N. The van der Waals surface area contributed by atoms with Gasteiger partial charge in [-0.3, -0.25) is 0 Å². The van der Waals surface area contributed by atoms with E-state index >= 15 is 0 Å². The molecule has 0 aromatic heterocycles. The fourth-order valence-electron chi connectivity index (χ4n) is 7.30. The van der Waals surface area contributed by atoms with Crippen molar-refractivity contribution in [3.8, 4) is 33.4 Å². The van der Waals surface area contributed by atoms with Gasteiger partial charge in [0.25, 0.3) is 0 Å². The summed E-state index contributed by atoms with van der Waals surface area (Å²) in [4.78, 5) is 2.44. The van der Waals surface area contributed by atoms with Crippen molar-refractivity contribution in [1.29, 1.82) is 0 Å². The molecule has 0 unspecified atom stereocenters. The lowest BCUT2D eigenvalue weighted by Gasteiger charge is -2.29. The van der Waals surface area contributed by atoms with Crippen LogP contribution in [-0.2, 0) is 0 Å². The molecule has 0 atom stereocenters. The fourth-order valence-corrected chi connectivity index (χ4v) is 7.30. The average Bonchev–Trinajstić information content (AvgIpc) is 3.19. The molecule has 0 radical (unpaired) electrons. The van der Waals surface area contributed by atoms with E-state index in [0.29, 0.717) is 0 Å². The number of hydrogen-bond acceptors (Lipinski definition) is 1. The van der Waals surface area contributed by atoms with E-state index < -0.39 is 0 Å². The van der Waals surface area contributed by atoms with Crippen LogP contribution in [0, 0.1) is 0 Å². The van der Waals surface area contributed by atoms with Crippen molar-refractivity contribution in [2.24, 2.45) is 0 Å². The van der Waals surface area contributed by atoms with Crippen molar-refractivity contribution >= 4 is 49.4 Å². The third-order valence-corrected chi connectivity index (χ3v) is 9.63. The summed E-state index contributed by atoms with van der Waals surface area (Å²) in [5, 5.41) is 7.49.